The van der Waals surface area contributed by atoms with E-state index in [9.17, 15) is 9.18 Å². The number of oxime groups is 1. The van der Waals surface area contributed by atoms with Crippen molar-refractivity contribution in [2.75, 3.05) is 26.3 Å². The third-order valence-corrected chi connectivity index (χ3v) is 4.78. The molecule has 0 aliphatic carbocycles. The highest BCUT2D eigenvalue weighted by Crippen LogP contribution is 2.32. The second-order valence-corrected chi connectivity index (χ2v) is 6.25. The molecule has 1 spiro atoms. The standard InChI is InChI=1S/C17H19FN2O4/c18-13-4-2-1-3-12(13)14-11-15(24-19-14)16(21)20-7-5-17(6-8-20)22-9-10-23-17/h1-4,15H,5-11H2/t15-/m0/s1. The van der Waals surface area contributed by atoms with E-state index in [-0.39, 0.29) is 18.1 Å². The molecule has 0 bridgehead atoms. The summed E-state index contributed by atoms with van der Waals surface area (Å²) in [6, 6.07) is 6.37. The molecule has 0 N–H and O–H groups in total. The second-order valence-electron chi connectivity index (χ2n) is 6.25. The summed E-state index contributed by atoms with van der Waals surface area (Å²) in [6.45, 7) is 2.35. The average molecular weight is 334 g/mol. The van der Waals surface area contributed by atoms with Crippen LogP contribution in [0.15, 0.2) is 29.4 Å². The zero-order chi connectivity index (χ0) is 16.6. The van der Waals surface area contributed by atoms with Gasteiger partial charge in [0.05, 0.1) is 18.9 Å². The van der Waals surface area contributed by atoms with Crippen molar-refractivity contribution >= 4 is 11.6 Å². The number of amides is 1. The van der Waals surface area contributed by atoms with E-state index in [1.54, 1.807) is 23.1 Å². The number of carbonyl (C=O) groups excluding carboxylic acids is 1. The molecule has 6 nitrogen and oxygen atoms in total. The van der Waals surface area contributed by atoms with Crippen LogP contribution in [0.1, 0.15) is 24.8 Å². The molecule has 4 rings (SSSR count). The average Bonchev–Trinajstić information content (AvgIpc) is 3.26. The van der Waals surface area contributed by atoms with Gasteiger partial charge in [0.15, 0.2) is 5.79 Å². The number of hydrogen-bond donors (Lipinski definition) is 0. The first-order valence-corrected chi connectivity index (χ1v) is 8.21. The molecule has 1 aromatic rings. The zero-order valence-corrected chi connectivity index (χ0v) is 13.2. The van der Waals surface area contributed by atoms with Crippen LogP contribution in [-0.4, -0.2) is 54.7 Å². The smallest absolute Gasteiger partial charge is 0.266 e. The first-order valence-electron chi connectivity index (χ1n) is 8.21. The van der Waals surface area contributed by atoms with Crippen molar-refractivity contribution in [3.63, 3.8) is 0 Å². The number of halogens is 1. The zero-order valence-electron chi connectivity index (χ0n) is 13.2. The van der Waals surface area contributed by atoms with E-state index in [1.807, 2.05) is 0 Å². The Morgan fingerprint density at radius 1 is 1.21 bits per heavy atom. The quantitative estimate of drug-likeness (QED) is 0.826. The van der Waals surface area contributed by atoms with Crippen molar-refractivity contribution in [2.24, 2.45) is 5.16 Å². The van der Waals surface area contributed by atoms with Gasteiger partial charge in [-0.25, -0.2) is 4.39 Å². The van der Waals surface area contributed by atoms with Crippen LogP contribution in [-0.2, 0) is 19.1 Å². The lowest BCUT2D eigenvalue weighted by Crippen LogP contribution is -2.50. The molecule has 128 valence electrons. The number of carbonyl (C=O) groups is 1. The number of ether oxygens (including phenoxy) is 2. The first kappa shape index (κ1) is 15.5. The van der Waals surface area contributed by atoms with Gasteiger partial charge in [-0.1, -0.05) is 23.4 Å². The van der Waals surface area contributed by atoms with Crippen LogP contribution < -0.4 is 0 Å². The molecule has 3 heterocycles. The van der Waals surface area contributed by atoms with Crippen molar-refractivity contribution in [1.29, 1.82) is 0 Å². The SMILES string of the molecule is O=C([C@@H]1CC(c2ccccc2F)=NO1)N1CCC2(CC1)OCCO2. The van der Waals surface area contributed by atoms with Gasteiger partial charge in [-0.15, -0.1) is 0 Å². The molecule has 7 heteroatoms. The van der Waals surface area contributed by atoms with E-state index >= 15 is 0 Å². The van der Waals surface area contributed by atoms with Crippen LogP contribution in [0, 0.1) is 5.82 Å². The van der Waals surface area contributed by atoms with Crippen molar-refractivity contribution in [1.82, 2.24) is 4.90 Å². The minimum absolute atomic E-state index is 0.113. The molecular weight excluding hydrogens is 315 g/mol. The minimum atomic E-state index is -0.681. The van der Waals surface area contributed by atoms with E-state index < -0.39 is 11.9 Å². The molecule has 3 aliphatic rings. The highest BCUT2D eigenvalue weighted by molar-refractivity contribution is 6.04. The van der Waals surface area contributed by atoms with Crippen molar-refractivity contribution in [2.45, 2.75) is 31.2 Å². The van der Waals surface area contributed by atoms with Gasteiger partial charge >= 0.3 is 0 Å². The summed E-state index contributed by atoms with van der Waals surface area (Å²) < 4.78 is 25.2. The van der Waals surface area contributed by atoms with Gasteiger partial charge in [-0.05, 0) is 6.07 Å². The molecule has 2 saturated heterocycles. The van der Waals surface area contributed by atoms with Gasteiger partial charge in [0.1, 0.15) is 5.82 Å². The normalized spacial score (nSPS) is 25.6. The fourth-order valence-electron chi connectivity index (χ4n) is 3.42. The summed E-state index contributed by atoms with van der Waals surface area (Å²) in [7, 11) is 0. The largest absolute Gasteiger partial charge is 0.382 e. The Labute approximate surface area is 139 Å². The van der Waals surface area contributed by atoms with Crippen LogP contribution in [0.3, 0.4) is 0 Å². The maximum Gasteiger partial charge on any atom is 0.266 e. The van der Waals surface area contributed by atoms with Crippen LogP contribution >= 0.6 is 0 Å². The fraction of sp³-hybridized carbons (Fsp3) is 0.529. The predicted molar refractivity (Wildman–Crippen MR) is 82.9 cm³/mol. The Morgan fingerprint density at radius 3 is 2.62 bits per heavy atom. The molecule has 3 aliphatic heterocycles. The Kier molecular flexibility index (Phi) is 3.97. The second kappa shape index (κ2) is 6.14. The molecule has 2 fully saturated rings. The molecule has 0 saturated carbocycles. The van der Waals surface area contributed by atoms with Crippen LogP contribution in [0.2, 0.25) is 0 Å². The highest BCUT2D eigenvalue weighted by atomic mass is 19.1. The summed E-state index contributed by atoms with van der Waals surface area (Å²) in [4.78, 5) is 19.6. The van der Waals surface area contributed by atoms with Crippen molar-refractivity contribution in [3.05, 3.63) is 35.6 Å². The van der Waals surface area contributed by atoms with Crippen molar-refractivity contribution in [3.8, 4) is 0 Å². The third-order valence-electron chi connectivity index (χ3n) is 4.78. The monoisotopic (exact) mass is 334 g/mol. The van der Waals surface area contributed by atoms with E-state index in [0.717, 1.165) is 0 Å². The number of piperidine rings is 1. The predicted octanol–water partition coefficient (Wildman–Crippen LogP) is 1.68. The number of benzene rings is 1. The molecule has 24 heavy (non-hydrogen) atoms. The Hall–Kier alpha value is -1.99. The highest BCUT2D eigenvalue weighted by Gasteiger charge is 2.42. The van der Waals surface area contributed by atoms with E-state index in [4.69, 9.17) is 14.3 Å². The Bertz CT molecular complexity index is 662. The number of rotatable bonds is 2. The maximum absolute atomic E-state index is 13.8. The summed E-state index contributed by atoms with van der Waals surface area (Å²) in [5, 5.41) is 3.91. The maximum atomic E-state index is 13.8. The lowest BCUT2D eigenvalue weighted by molar-refractivity contribution is -0.189. The summed E-state index contributed by atoms with van der Waals surface area (Å²) in [6.07, 6.45) is 0.923. The van der Waals surface area contributed by atoms with Gasteiger partial charge in [0.2, 0.25) is 6.10 Å². The molecular formula is C17H19FN2O4. The van der Waals surface area contributed by atoms with Crippen LogP contribution in [0.4, 0.5) is 4.39 Å². The molecule has 0 aromatic heterocycles. The van der Waals surface area contributed by atoms with Gasteiger partial charge < -0.3 is 19.2 Å². The third kappa shape index (κ3) is 2.78. The molecule has 1 aromatic carbocycles. The van der Waals surface area contributed by atoms with Crippen LogP contribution in [0.25, 0.3) is 0 Å². The fourth-order valence-corrected chi connectivity index (χ4v) is 3.42. The number of likely N-dealkylation sites (tertiary alicyclic amines) is 1. The topological polar surface area (TPSA) is 60.4 Å². The molecule has 1 atom stereocenters. The molecule has 1 amide bonds. The van der Waals surface area contributed by atoms with Gasteiger partial charge in [0.25, 0.3) is 5.91 Å². The van der Waals surface area contributed by atoms with Crippen LogP contribution in [0.5, 0.6) is 0 Å². The minimum Gasteiger partial charge on any atom is -0.382 e. The lowest BCUT2D eigenvalue weighted by Gasteiger charge is -2.38. The Balaban J connectivity index is 1.36. The van der Waals surface area contributed by atoms with E-state index in [2.05, 4.69) is 5.16 Å². The Morgan fingerprint density at radius 2 is 1.92 bits per heavy atom. The number of nitrogens with zero attached hydrogens (tertiary/aromatic N) is 2. The summed E-state index contributed by atoms with van der Waals surface area (Å²) >= 11 is 0. The number of hydrogen-bond acceptors (Lipinski definition) is 5. The summed E-state index contributed by atoms with van der Waals surface area (Å²) in [5.74, 6) is -0.983. The van der Waals surface area contributed by atoms with E-state index in [1.165, 1.54) is 6.07 Å². The first-order chi connectivity index (χ1) is 11.7. The van der Waals surface area contributed by atoms with Gasteiger partial charge in [0, 0.05) is 37.9 Å². The van der Waals surface area contributed by atoms with Crippen molar-refractivity contribution < 1.29 is 23.5 Å². The lowest BCUT2D eigenvalue weighted by atomic mass is 10.0. The summed E-state index contributed by atoms with van der Waals surface area (Å²) in [5.41, 5.74) is 0.862. The van der Waals surface area contributed by atoms with E-state index in [0.29, 0.717) is 50.4 Å². The molecule has 0 radical (unpaired) electrons. The van der Waals surface area contributed by atoms with Gasteiger partial charge in [-0.2, -0.15) is 0 Å². The van der Waals surface area contributed by atoms with Gasteiger partial charge in [-0.3, -0.25) is 4.79 Å². The molecule has 0 unspecified atom stereocenters.